The topological polar surface area (TPSA) is 25.8 Å². The van der Waals surface area contributed by atoms with Crippen molar-refractivity contribution < 1.29 is 4.39 Å². The average Bonchev–Trinajstić information content (AvgIpc) is 2.96. The maximum absolute atomic E-state index is 13.9. The van der Waals surface area contributed by atoms with Crippen molar-refractivity contribution >= 4 is 0 Å². The molecule has 0 aliphatic heterocycles. The number of allylic oxidation sites excluding steroid dienone is 1. The molecule has 2 nitrogen and oxygen atoms in total. The van der Waals surface area contributed by atoms with Crippen molar-refractivity contribution in [3.8, 4) is 11.3 Å². The van der Waals surface area contributed by atoms with Gasteiger partial charge in [0.2, 0.25) is 0 Å². The van der Waals surface area contributed by atoms with Gasteiger partial charge in [0, 0.05) is 16.9 Å². The molecule has 2 aliphatic rings. The number of fused-ring (bicyclic) bond motifs is 5. The molecule has 0 spiro atoms. The monoisotopic (exact) mass is 280 g/mol. The van der Waals surface area contributed by atoms with Crippen LogP contribution in [0.4, 0.5) is 4.39 Å². The van der Waals surface area contributed by atoms with E-state index in [1.165, 1.54) is 17.2 Å². The molecular weight excluding hydrogens is 263 g/mol. The Kier molecular flexibility index (Phi) is 2.56. The van der Waals surface area contributed by atoms with E-state index in [4.69, 9.17) is 0 Å². The summed E-state index contributed by atoms with van der Waals surface area (Å²) in [7, 11) is 0. The molecule has 0 unspecified atom stereocenters. The zero-order valence-electron chi connectivity index (χ0n) is 12.1. The average molecular weight is 280 g/mol. The van der Waals surface area contributed by atoms with Crippen LogP contribution in [0.3, 0.4) is 0 Å². The van der Waals surface area contributed by atoms with Crippen LogP contribution in [0.2, 0.25) is 0 Å². The van der Waals surface area contributed by atoms with Crippen LogP contribution in [0.1, 0.15) is 43.4 Å². The molecule has 0 saturated heterocycles. The molecular formula is C18H17FN2. The van der Waals surface area contributed by atoms with Crippen molar-refractivity contribution in [2.45, 2.75) is 37.5 Å². The quantitative estimate of drug-likeness (QED) is 0.763. The molecule has 0 N–H and O–H groups in total. The highest BCUT2D eigenvalue weighted by Crippen LogP contribution is 2.61. The SMILES string of the molecule is C=C1[C@@H]2CC[C@@]1(CC)c1nnc(-c3ccccc3F)cc12. The molecule has 0 radical (unpaired) electrons. The largest absolute Gasteiger partial charge is 0.206 e. The Hall–Kier alpha value is -2.03. The molecule has 2 aliphatic carbocycles. The van der Waals surface area contributed by atoms with Crippen LogP contribution in [0.25, 0.3) is 11.3 Å². The van der Waals surface area contributed by atoms with Gasteiger partial charge in [-0.15, -0.1) is 0 Å². The summed E-state index contributed by atoms with van der Waals surface area (Å²) in [4.78, 5) is 0. The normalized spacial score (nSPS) is 26.2. The van der Waals surface area contributed by atoms with Gasteiger partial charge in [0.15, 0.2) is 0 Å². The first-order chi connectivity index (χ1) is 10.2. The fraction of sp³-hybridized carbons (Fsp3) is 0.333. The van der Waals surface area contributed by atoms with Crippen molar-refractivity contribution in [3.63, 3.8) is 0 Å². The lowest BCUT2D eigenvalue weighted by atomic mass is 9.79. The van der Waals surface area contributed by atoms with Crippen molar-refractivity contribution in [3.05, 3.63) is 59.6 Å². The zero-order valence-corrected chi connectivity index (χ0v) is 12.1. The summed E-state index contributed by atoms with van der Waals surface area (Å²) in [5.41, 5.74) is 4.72. The van der Waals surface area contributed by atoms with Gasteiger partial charge >= 0.3 is 0 Å². The van der Waals surface area contributed by atoms with Crippen LogP contribution in [0.5, 0.6) is 0 Å². The molecule has 21 heavy (non-hydrogen) atoms. The molecule has 1 aromatic carbocycles. The summed E-state index contributed by atoms with van der Waals surface area (Å²) in [5.74, 6) is 0.125. The molecule has 2 bridgehead atoms. The number of hydrogen-bond acceptors (Lipinski definition) is 2. The van der Waals surface area contributed by atoms with Gasteiger partial charge in [0.05, 0.1) is 11.4 Å². The minimum atomic E-state index is -0.251. The number of hydrogen-bond donors (Lipinski definition) is 0. The van der Waals surface area contributed by atoms with Gasteiger partial charge in [0.1, 0.15) is 5.82 Å². The molecule has 2 aromatic rings. The highest BCUT2D eigenvalue weighted by atomic mass is 19.1. The van der Waals surface area contributed by atoms with E-state index in [1.807, 2.05) is 12.1 Å². The highest BCUT2D eigenvalue weighted by molar-refractivity contribution is 5.64. The molecule has 0 amide bonds. The van der Waals surface area contributed by atoms with Crippen molar-refractivity contribution in [2.24, 2.45) is 0 Å². The smallest absolute Gasteiger partial charge is 0.132 e. The molecule has 1 saturated carbocycles. The maximum atomic E-state index is 13.9. The Morgan fingerprint density at radius 3 is 2.90 bits per heavy atom. The number of halogens is 1. The second kappa shape index (κ2) is 4.23. The van der Waals surface area contributed by atoms with E-state index in [-0.39, 0.29) is 11.2 Å². The van der Waals surface area contributed by atoms with Gasteiger partial charge in [0.25, 0.3) is 0 Å². The maximum Gasteiger partial charge on any atom is 0.132 e. The third-order valence-electron chi connectivity index (χ3n) is 5.30. The van der Waals surface area contributed by atoms with E-state index < -0.39 is 0 Å². The third kappa shape index (κ3) is 1.52. The zero-order chi connectivity index (χ0) is 14.6. The molecule has 1 heterocycles. The Labute approximate surface area is 123 Å². The van der Waals surface area contributed by atoms with E-state index in [2.05, 4.69) is 23.7 Å². The van der Waals surface area contributed by atoms with Crippen LogP contribution in [-0.4, -0.2) is 10.2 Å². The molecule has 4 rings (SSSR count). The molecule has 2 atom stereocenters. The number of rotatable bonds is 2. The Morgan fingerprint density at radius 2 is 2.14 bits per heavy atom. The van der Waals surface area contributed by atoms with E-state index in [1.54, 1.807) is 12.1 Å². The summed E-state index contributed by atoms with van der Waals surface area (Å²) >= 11 is 0. The first-order valence-corrected chi connectivity index (χ1v) is 7.49. The van der Waals surface area contributed by atoms with Gasteiger partial charge < -0.3 is 0 Å². The summed E-state index contributed by atoms with van der Waals surface area (Å²) in [6, 6.07) is 8.75. The van der Waals surface area contributed by atoms with Gasteiger partial charge in [-0.2, -0.15) is 10.2 Å². The van der Waals surface area contributed by atoms with E-state index in [9.17, 15) is 4.39 Å². The van der Waals surface area contributed by atoms with Gasteiger partial charge in [-0.1, -0.05) is 31.2 Å². The fourth-order valence-corrected chi connectivity index (χ4v) is 4.09. The van der Waals surface area contributed by atoms with Gasteiger partial charge in [-0.05, 0) is 43.0 Å². The second-order valence-electron chi connectivity index (χ2n) is 6.07. The highest BCUT2D eigenvalue weighted by Gasteiger charge is 2.52. The van der Waals surface area contributed by atoms with E-state index in [0.717, 1.165) is 25.0 Å². The summed E-state index contributed by atoms with van der Waals surface area (Å²) in [6.07, 6.45) is 3.26. The van der Waals surface area contributed by atoms with Crippen LogP contribution in [0, 0.1) is 5.82 Å². The lowest BCUT2D eigenvalue weighted by molar-refractivity contribution is 0.473. The fourth-order valence-electron chi connectivity index (χ4n) is 4.09. The van der Waals surface area contributed by atoms with Crippen molar-refractivity contribution in [1.29, 1.82) is 0 Å². The first kappa shape index (κ1) is 12.7. The Morgan fingerprint density at radius 1 is 1.33 bits per heavy atom. The van der Waals surface area contributed by atoms with Crippen LogP contribution >= 0.6 is 0 Å². The summed E-state index contributed by atoms with van der Waals surface area (Å²) in [6.45, 7) is 6.50. The minimum Gasteiger partial charge on any atom is -0.206 e. The molecule has 3 heteroatoms. The molecule has 1 aromatic heterocycles. The number of aromatic nitrogens is 2. The number of nitrogens with zero attached hydrogens (tertiary/aromatic N) is 2. The van der Waals surface area contributed by atoms with Gasteiger partial charge in [-0.25, -0.2) is 4.39 Å². The standard InChI is InChI=1S/C18H17FN2/c1-3-18-9-8-12(11(18)2)14-10-16(20-21-17(14)18)13-6-4-5-7-15(13)19/h4-7,10,12H,2-3,8-9H2,1H3/t12-,18+/m0/s1. The Balaban J connectivity index is 1.89. The molecule has 106 valence electrons. The lowest BCUT2D eigenvalue weighted by Crippen LogP contribution is -2.23. The van der Waals surface area contributed by atoms with Crippen molar-refractivity contribution in [2.75, 3.05) is 0 Å². The second-order valence-corrected chi connectivity index (χ2v) is 6.07. The summed E-state index contributed by atoms with van der Waals surface area (Å²) in [5, 5.41) is 8.77. The van der Waals surface area contributed by atoms with Gasteiger partial charge in [-0.3, -0.25) is 0 Å². The Bertz CT molecular complexity index is 753. The predicted molar refractivity (Wildman–Crippen MR) is 80.5 cm³/mol. The van der Waals surface area contributed by atoms with Crippen LogP contribution in [-0.2, 0) is 5.41 Å². The predicted octanol–water partition coefficient (Wildman–Crippen LogP) is 4.38. The lowest BCUT2D eigenvalue weighted by Gasteiger charge is -2.26. The van der Waals surface area contributed by atoms with Crippen molar-refractivity contribution in [1.82, 2.24) is 10.2 Å². The minimum absolute atomic E-state index is 0.0146. The van der Waals surface area contributed by atoms with Crippen LogP contribution < -0.4 is 0 Å². The molecule has 1 fully saturated rings. The number of benzene rings is 1. The van der Waals surface area contributed by atoms with E-state index in [0.29, 0.717) is 17.2 Å². The first-order valence-electron chi connectivity index (χ1n) is 7.49. The van der Waals surface area contributed by atoms with Crippen LogP contribution in [0.15, 0.2) is 42.5 Å². The third-order valence-corrected chi connectivity index (χ3v) is 5.30. The summed E-state index contributed by atoms with van der Waals surface area (Å²) < 4.78 is 13.9. The van der Waals surface area contributed by atoms with E-state index >= 15 is 0 Å².